The van der Waals surface area contributed by atoms with Gasteiger partial charge in [0.25, 0.3) is 0 Å². The van der Waals surface area contributed by atoms with Crippen molar-refractivity contribution >= 4 is 17.7 Å². The van der Waals surface area contributed by atoms with Crippen molar-refractivity contribution < 1.29 is 9.53 Å². The van der Waals surface area contributed by atoms with E-state index in [0.29, 0.717) is 10.6 Å². The summed E-state index contributed by atoms with van der Waals surface area (Å²) in [6.45, 7) is 1.81. The van der Waals surface area contributed by atoms with Crippen molar-refractivity contribution in [3.05, 3.63) is 47.2 Å². The third-order valence-corrected chi connectivity index (χ3v) is 3.57. The number of nitrogens with zero attached hydrogens (tertiary/aromatic N) is 1. The quantitative estimate of drug-likeness (QED) is 0.680. The summed E-state index contributed by atoms with van der Waals surface area (Å²) in [5.74, 6) is 0.423. The van der Waals surface area contributed by atoms with E-state index in [0.717, 1.165) is 11.4 Å². The number of aromatic amines is 1. The van der Waals surface area contributed by atoms with E-state index in [2.05, 4.69) is 10.2 Å². The van der Waals surface area contributed by atoms with E-state index < -0.39 is 0 Å². The Hall–Kier alpha value is -1.75. The van der Waals surface area contributed by atoms with Crippen molar-refractivity contribution in [3.8, 4) is 0 Å². The second-order valence-electron chi connectivity index (χ2n) is 3.79. The number of aryl methyl sites for hydroxylation is 1. The molecule has 94 valence electrons. The summed E-state index contributed by atoms with van der Waals surface area (Å²) in [5, 5.41) is 7.64. The molecule has 0 unspecified atom stereocenters. The van der Waals surface area contributed by atoms with Crippen molar-refractivity contribution in [1.82, 2.24) is 10.2 Å². The highest BCUT2D eigenvalue weighted by Gasteiger charge is 2.18. The fraction of sp³-hybridized carbons (Fsp3) is 0.231. The van der Waals surface area contributed by atoms with Gasteiger partial charge in [0.05, 0.1) is 7.11 Å². The number of benzene rings is 1. The standard InChI is InChI=1S/C13H14N2O2S/c1-9-11(13(16)17-2)12(15-14-9)18-8-10-6-4-3-5-7-10/h3-7H,8H2,1-2H3,(H,14,15). The molecule has 1 heterocycles. The van der Waals surface area contributed by atoms with Crippen LogP contribution in [0.1, 0.15) is 21.6 Å². The van der Waals surface area contributed by atoms with Crippen LogP contribution in [-0.2, 0) is 10.5 Å². The summed E-state index contributed by atoms with van der Waals surface area (Å²) in [5.41, 5.74) is 2.45. The Balaban J connectivity index is 2.13. The molecule has 0 amide bonds. The molecule has 0 aliphatic carbocycles. The SMILES string of the molecule is COC(=O)c1c(SCc2ccccc2)n[nH]c1C. The highest BCUT2D eigenvalue weighted by Crippen LogP contribution is 2.26. The highest BCUT2D eigenvalue weighted by molar-refractivity contribution is 7.98. The zero-order valence-corrected chi connectivity index (χ0v) is 11.1. The zero-order chi connectivity index (χ0) is 13.0. The normalized spacial score (nSPS) is 10.3. The molecule has 1 N–H and O–H groups in total. The minimum Gasteiger partial charge on any atom is -0.465 e. The van der Waals surface area contributed by atoms with Crippen LogP contribution in [0.4, 0.5) is 0 Å². The largest absolute Gasteiger partial charge is 0.465 e. The molecule has 5 heteroatoms. The number of esters is 1. The summed E-state index contributed by atoms with van der Waals surface area (Å²) in [6.07, 6.45) is 0. The number of hydrogen-bond acceptors (Lipinski definition) is 4. The fourth-order valence-corrected chi connectivity index (χ4v) is 2.57. The molecule has 4 nitrogen and oxygen atoms in total. The maximum atomic E-state index is 11.6. The Labute approximate surface area is 110 Å². The monoisotopic (exact) mass is 262 g/mol. The first kappa shape index (κ1) is 12.7. The van der Waals surface area contributed by atoms with E-state index in [1.807, 2.05) is 37.3 Å². The Morgan fingerprint density at radius 2 is 2.11 bits per heavy atom. The second-order valence-corrected chi connectivity index (χ2v) is 4.76. The van der Waals surface area contributed by atoms with Gasteiger partial charge in [0, 0.05) is 11.4 Å². The zero-order valence-electron chi connectivity index (χ0n) is 10.3. The molecule has 0 spiro atoms. The molecule has 0 aliphatic rings. The third kappa shape index (κ3) is 2.73. The van der Waals surface area contributed by atoms with Crippen LogP contribution in [0.25, 0.3) is 0 Å². The average Bonchev–Trinajstić information content (AvgIpc) is 2.78. The number of H-pyrrole nitrogens is 1. The minimum atomic E-state index is -0.350. The molecule has 1 aromatic heterocycles. The van der Waals surface area contributed by atoms with E-state index in [9.17, 15) is 4.79 Å². The number of nitrogens with one attached hydrogen (secondary N) is 1. The lowest BCUT2D eigenvalue weighted by atomic mass is 10.2. The van der Waals surface area contributed by atoms with Gasteiger partial charge >= 0.3 is 5.97 Å². The Morgan fingerprint density at radius 3 is 2.78 bits per heavy atom. The van der Waals surface area contributed by atoms with E-state index in [4.69, 9.17) is 4.74 Å². The number of hydrogen-bond donors (Lipinski definition) is 1. The number of carbonyl (C=O) groups excluding carboxylic acids is 1. The molecule has 0 fully saturated rings. The van der Waals surface area contributed by atoms with Crippen molar-refractivity contribution in [3.63, 3.8) is 0 Å². The smallest absolute Gasteiger partial charge is 0.342 e. The number of carbonyl (C=O) groups is 1. The van der Waals surface area contributed by atoms with Gasteiger partial charge in [-0.25, -0.2) is 4.79 Å². The molecule has 1 aromatic carbocycles. The fourth-order valence-electron chi connectivity index (χ4n) is 1.58. The van der Waals surface area contributed by atoms with Crippen LogP contribution in [0.2, 0.25) is 0 Å². The summed E-state index contributed by atoms with van der Waals surface area (Å²) in [4.78, 5) is 11.6. The second kappa shape index (κ2) is 5.73. The maximum absolute atomic E-state index is 11.6. The van der Waals surface area contributed by atoms with Crippen LogP contribution in [0.3, 0.4) is 0 Å². The first-order valence-corrected chi connectivity index (χ1v) is 6.51. The molecule has 0 saturated heterocycles. The average molecular weight is 262 g/mol. The molecular formula is C13H14N2O2S. The van der Waals surface area contributed by atoms with Gasteiger partial charge in [0.2, 0.25) is 0 Å². The minimum absolute atomic E-state index is 0.350. The van der Waals surface area contributed by atoms with E-state index in [1.54, 1.807) is 0 Å². The summed E-state index contributed by atoms with van der Waals surface area (Å²) in [6, 6.07) is 10.1. The number of ether oxygens (including phenoxy) is 1. The van der Waals surface area contributed by atoms with Crippen LogP contribution >= 0.6 is 11.8 Å². The van der Waals surface area contributed by atoms with Gasteiger partial charge in [-0.2, -0.15) is 5.10 Å². The first-order valence-electron chi connectivity index (χ1n) is 5.52. The van der Waals surface area contributed by atoms with Gasteiger partial charge in [0.1, 0.15) is 10.6 Å². The van der Waals surface area contributed by atoms with Crippen LogP contribution in [0.15, 0.2) is 35.4 Å². The van der Waals surface area contributed by atoms with Gasteiger partial charge < -0.3 is 4.74 Å². The van der Waals surface area contributed by atoms with Crippen LogP contribution < -0.4 is 0 Å². The molecule has 2 aromatic rings. The topological polar surface area (TPSA) is 55.0 Å². The van der Waals surface area contributed by atoms with Gasteiger partial charge in [-0.1, -0.05) is 42.1 Å². The summed E-state index contributed by atoms with van der Waals surface area (Å²) < 4.78 is 4.76. The van der Waals surface area contributed by atoms with Crippen LogP contribution in [0.5, 0.6) is 0 Å². The van der Waals surface area contributed by atoms with Gasteiger partial charge in [-0.05, 0) is 12.5 Å². The number of methoxy groups -OCH3 is 1. The molecule has 0 radical (unpaired) electrons. The molecule has 0 saturated carbocycles. The summed E-state index contributed by atoms with van der Waals surface area (Å²) in [7, 11) is 1.38. The predicted molar refractivity (Wildman–Crippen MR) is 70.7 cm³/mol. The Kier molecular flexibility index (Phi) is 4.04. The van der Waals surface area contributed by atoms with Crippen molar-refractivity contribution in [2.45, 2.75) is 17.7 Å². The number of thioether (sulfide) groups is 1. The lowest BCUT2D eigenvalue weighted by Gasteiger charge is -2.02. The summed E-state index contributed by atoms with van der Waals surface area (Å²) >= 11 is 1.52. The molecule has 0 bridgehead atoms. The van der Waals surface area contributed by atoms with E-state index >= 15 is 0 Å². The third-order valence-electron chi connectivity index (χ3n) is 2.52. The Bertz CT molecular complexity index is 537. The molecule has 0 aliphatic heterocycles. The van der Waals surface area contributed by atoms with E-state index in [1.165, 1.54) is 24.4 Å². The van der Waals surface area contributed by atoms with Crippen molar-refractivity contribution in [1.29, 1.82) is 0 Å². The van der Waals surface area contributed by atoms with Gasteiger partial charge in [-0.15, -0.1) is 0 Å². The van der Waals surface area contributed by atoms with E-state index in [-0.39, 0.29) is 5.97 Å². The van der Waals surface area contributed by atoms with Crippen molar-refractivity contribution in [2.75, 3.05) is 7.11 Å². The van der Waals surface area contributed by atoms with Crippen LogP contribution in [-0.4, -0.2) is 23.3 Å². The molecular weight excluding hydrogens is 248 g/mol. The van der Waals surface area contributed by atoms with Gasteiger partial charge in [-0.3, -0.25) is 5.10 Å². The van der Waals surface area contributed by atoms with Crippen LogP contribution in [0, 0.1) is 6.92 Å². The highest BCUT2D eigenvalue weighted by atomic mass is 32.2. The molecule has 0 atom stereocenters. The number of rotatable bonds is 4. The maximum Gasteiger partial charge on any atom is 0.342 e. The number of aromatic nitrogens is 2. The Morgan fingerprint density at radius 1 is 1.39 bits per heavy atom. The lowest BCUT2D eigenvalue weighted by molar-refractivity contribution is 0.0596. The first-order chi connectivity index (χ1) is 8.72. The molecule has 2 rings (SSSR count). The van der Waals surface area contributed by atoms with Gasteiger partial charge in [0.15, 0.2) is 0 Å². The van der Waals surface area contributed by atoms with Crippen molar-refractivity contribution in [2.24, 2.45) is 0 Å². The predicted octanol–water partition coefficient (Wildman–Crippen LogP) is 2.80. The lowest BCUT2D eigenvalue weighted by Crippen LogP contribution is -2.03. The molecule has 18 heavy (non-hydrogen) atoms.